The Morgan fingerprint density at radius 2 is 2.33 bits per heavy atom. The van der Waals surface area contributed by atoms with Gasteiger partial charge in [0.15, 0.2) is 0 Å². The predicted molar refractivity (Wildman–Crippen MR) is 47.1 cm³/mol. The van der Waals surface area contributed by atoms with Gasteiger partial charge in [0.2, 0.25) is 0 Å². The van der Waals surface area contributed by atoms with Crippen LogP contribution >= 0.6 is 11.5 Å². The molecule has 12 heavy (non-hydrogen) atoms. The Bertz CT molecular complexity index is 489. The number of aromatic nitrogens is 4. The van der Waals surface area contributed by atoms with Gasteiger partial charge in [0.05, 0.1) is 11.8 Å². The van der Waals surface area contributed by atoms with Crippen LogP contribution in [0.4, 0.5) is 0 Å². The summed E-state index contributed by atoms with van der Waals surface area (Å²) in [6.07, 6.45) is 1.68. The highest BCUT2D eigenvalue weighted by atomic mass is 32.1. The molecule has 0 amide bonds. The number of nitrogens with one attached hydrogen (secondary N) is 1. The monoisotopic (exact) mass is 176 g/mol. The lowest BCUT2D eigenvalue weighted by Gasteiger charge is -1.86. The first kappa shape index (κ1) is 6.07. The number of rotatable bonds is 0. The number of aromatic amines is 1. The molecule has 0 aliphatic carbocycles. The molecule has 1 N–H and O–H groups in total. The summed E-state index contributed by atoms with van der Waals surface area (Å²) in [4.78, 5) is 7.24. The van der Waals surface area contributed by atoms with Crippen LogP contribution in [0.15, 0.2) is 18.5 Å². The maximum atomic E-state index is 4.19. The van der Waals surface area contributed by atoms with E-state index in [1.807, 2.05) is 12.1 Å². The number of nitrogens with zero attached hydrogens (tertiary/aromatic N) is 3. The zero-order valence-corrected chi connectivity index (χ0v) is 6.80. The molecule has 0 unspecified atom stereocenters. The van der Waals surface area contributed by atoms with Crippen molar-refractivity contribution in [3.63, 3.8) is 0 Å². The molecule has 0 saturated heterocycles. The lowest BCUT2D eigenvalue weighted by molar-refractivity contribution is 1.20. The van der Waals surface area contributed by atoms with E-state index in [0.717, 1.165) is 21.3 Å². The molecule has 2 heterocycles. The predicted octanol–water partition coefficient (Wildman–Crippen LogP) is 1.57. The Balaban J connectivity index is 2.71. The van der Waals surface area contributed by atoms with E-state index < -0.39 is 0 Å². The lowest BCUT2D eigenvalue weighted by Crippen LogP contribution is -1.70. The molecule has 3 rings (SSSR count). The van der Waals surface area contributed by atoms with Crippen molar-refractivity contribution >= 4 is 32.8 Å². The fourth-order valence-corrected chi connectivity index (χ4v) is 1.91. The first-order valence-electron chi connectivity index (χ1n) is 3.49. The standard InChI is InChI=1S/C7H4N4S/c1-2-5-7(12-11-10-5)6-4(1)8-3-9-6/h1-3H,(H,8,9). The van der Waals surface area contributed by atoms with E-state index >= 15 is 0 Å². The van der Waals surface area contributed by atoms with Crippen LogP contribution < -0.4 is 0 Å². The molecule has 4 nitrogen and oxygen atoms in total. The van der Waals surface area contributed by atoms with Crippen molar-refractivity contribution in [1.82, 2.24) is 19.6 Å². The Morgan fingerprint density at radius 3 is 3.33 bits per heavy atom. The molecule has 1 aromatic carbocycles. The molecule has 0 saturated carbocycles. The van der Waals surface area contributed by atoms with Crippen molar-refractivity contribution < 1.29 is 0 Å². The third-order valence-corrected chi connectivity index (χ3v) is 2.55. The normalized spacial score (nSPS) is 11.3. The largest absolute Gasteiger partial charge is 0.345 e. The molecule has 0 fully saturated rings. The van der Waals surface area contributed by atoms with Crippen LogP contribution in [0.5, 0.6) is 0 Å². The lowest BCUT2D eigenvalue weighted by atomic mass is 10.3. The minimum absolute atomic E-state index is 0.916. The molecule has 0 aliphatic rings. The van der Waals surface area contributed by atoms with Crippen LogP contribution in [0.2, 0.25) is 0 Å². The number of imidazole rings is 1. The van der Waals surface area contributed by atoms with Crippen molar-refractivity contribution in [2.75, 3.05) is 0 Å². The van der Waals surface area contributed by atoms with E-state index in [0.29, 0.717) is 0 Å². The molecule has 0 aliphatic heterocycles. The molecular weight excluding hydrogens is 172 g/mol. The van der Waals surface area contributed by atoms with Gasteiger partial charge in [0, 0.05) is 0 Å². The second kappa shape index (κ2) is 2.01. The first-order chi connectivity index (χ1) is 5.95. The summed E-state index contributed by atoms with van der Waals surface area (Å²) in [5.74, 6) is 0. The maximum Gasteiger partial charge on any atom is 0.109 e. The quantitative estimate of drug-likeness (QED) is 0.565. The van der Waals surface area contributed by atoms with Crippen LogP contribution in [-0.2, 0) is 0 Å². The highest BCUT2D eigenvalue weighted by Crippen LogP contribution is 2.23. The molecule has 0 atom stereocenters. The topological polar surface area (TPSA) is 54.5 Å². The zero-order chi connectivity index (χ0) is 7.97. The van der Waals surface area contributed by atoms with Gasteiger partial charge >= 0.3 is 0 Å². The van der Waals surface area contributed by atoms with E-state index in [4.69, 9.17) is 0 Å². The van der Waals surface area contributed by atoms with Gasteiger partial charge in [-0.3, -0.25) is 0 Å². The van der Waals surface area contributed by atoms with Gasteiger partial charge in [-0.15, -0.1) is 5.10 Å². The van der Waals surface area contributed by atoms with Crippen LogP contribution in [0.1, 0.15) is 0 Å². The van der Waals surface area contributed by atoms with Gasteiger partial charge in [0.25, 0.3) is 0 Å². The number of hydrogen-bond acceptors (Lipinski definition) is 4. The van der Waals surface area contributed by atoms with Gasteiger partial charge < -0.3 is 4.98 Å². The molecule has 5 heteroatoms. The number of H-pyrrole nitrogens is 1. The van der Waals surface area contributed by atoms with Crippen LogP contribution in [0, 0.1) is 0 Å². The van der Waals surface area contributed by atoms with Crippen LogP contribution in [0.25, 0.3) is 21.3 Å². The Labute approximate surface area is 71.4 Å². The molecule has 0 bridgehead atoms. The fourth-order valence-electron chi connectivity index (χ4n) is 1.25. The highest BCUT2D eigenvalue weighted by Gasteiger charge is 2.04. The third kappa shape index (κ3) is 0.634. The minimum atomic E-state index is 0.916. The number of benzene rings is 1. The van der Waals surface area contributed by atoms with E-state index in [1.54, 1.807) is 6.33 Å². The minimum Gasteiger partial charge on any atom is -0.345 e. The van der Waals surface area contributed by atoms with Crippen molar-refractivity contribution in [3.8, 4) is 0 Å². The van der Waals surface area contributed by atoms with Gasteiger partial charge in [-0.05, 0) is 23.7 Å². The van der Waals surface area contributed by atoms with E-state index in [1.165, 1.54) is 11.5 Å². The highest BCUT2D eigenvalue weighted by molar-refractivity contribution is 7.14. The van der Waals surface area contributed by atoms with Gasteiger partial charge in [0.1, 0.15) is 15.7 Å². The van der Waals surface area contributed by atoms with Crippen LogP contribution in [-0.4, -0.2) is 19.6 Å². The molecule has 58 valence electrons. The molecule has 2 aromatic heterocycles. The molecule has 0 radical (unpaired) electrons. The average molecular weight is 176 g/mol. The van der Waals surface area contributed by atoms with Crippen molar-refractivity contribution in [2.45, 2.75) is 0 Å². The smallest absolute Gasteiger partial charge is 0.109 e. The Kier molecular flexibility index (Phi) is 1.02. The molecule has 3 aromatic rings. The van der Waals surface area contributed by atoms with E-state index in [-0.39, 0.29) is 0 Å². The first-order valence-corrected chi connectivity index (χ1v) is 4.26. The van der Waals surface area contributed by atoms with Crippen LogP contribution in [0.3, 0.4) is 0 Å². The zero-order valence-electron chi connectivity index (χ0n) is 5.98. The van der Waals surface area contributed by atoms with Crippen molar-refractivity contribution in [3.05, 3.63) is 18.5 Å². The SMILES string of the molecule is c1nc2c(ccc3nnsc32)[nH]1. The summed E-state index contributed by atoms with van der Waals surface area (Å²) in [6.45, 7) is 0. The van der Waals surface area contributed by atoms with Gasteiger partial charge in [-0.1, -0.05) is 4.49 Å². The van der Waals surface area contributed by atoms with Gasteiger partial charge in [-0.2, -0.15) is 0 Å². The number of hydrogen-bond donors (Lipinski definition) is 1. The third-order valence-electron chi connectivity index (χ3n) is 1.81. The second-order valence-corrected chi connectivity index (χ2v) is 3.24. The fraction of sp³-hybridized carbons (Fsp3) is 0. The van der Waals surface area contributed by atoms with Crippen molar-refractivity contribution in [1.29, 1.82) is 0 Å². The van der Waals surface area contributed by atoms with E-state index in [9.17, 15) is 0 Å². The molecule has 0 spiro atoms. The van der Waals surface area contributed by atoms with Gasteiger partial charge in [-0.25, -0.2) is 4.98 Å². The summed E-state index contributed by atoms with van der Waals surface area (Å²) >= 11 is 1.38. The van der Waals surface area contributed by atoms with E-state index in [2.05, 4.69) is 19.6 Å². The summed E-state index contributed by atoms with van der Waals surface area (Å²) in [5.41, 5.74) is 2.91. The maximum absolute atomic E-state index is 4.19. The summed E-state index contributed by atoms with van der Waals surface area (Å²) in [7, 11) is 0. The summed E-state index contributed by atoms with van der Waals surface area (Å²) in [6, 6.07) is 3.91. The Hall–Kier alpha value is -1.49. The summed E-state index contributed by atoms with van der Waals surface area (Å²) < 4.78 is 4.92. The average Bonchev–Trinajstić information content (AvgIpc) is 2.71. The number of fused-ring (bicyclic) bond motifs is 3. The Morgan fingerprint density at radius 1 is 1.33 bits per heavy atom. The molecular formula is C7H4N4S. The van der Waals surface area contributed by atoms with Crippen molar-refractivity contribution in [2.24, 2.45) is 0 Å². The second-order valence-electron chi connectivity index (χ2n) is 2.49. The summed E-state index contributed by atoms with van der Waals surface area (Å²) in [5, 5.41) is 3.96.